The molecule has 2 N–H and O–H groups in total. The lowest BCUT2D eigenvalue weighted by Crippen LogP contribution is -2.36. The van der Waals surface area contributed by atoms with Crippen molar-refractivity contribution >= 4 is 15.9 Å². The van der Waals surface area contributed by atoms with Crippen molar-refractivity contribution in [1.82, 2.24) is 9.55 Å². The number of halogens is 1. The van der Waals surface area contributed by atoms with E-state index in [4.69, 9.17) is 5.73 Å². The van der Waals surface area contributed by atoms with Crippen LogP contribution >= 0.6 is 0 Å². The quantitative estimate of drug-likeness (QED) is 0.703. The Morgan fingerprint density at radius 3 is 2.39 bits per heavy atom. The summed E-state index contributed by atoms with van der Waals surface area (Å²) in [6, 6.07) is 11.7. The standard InChI is InChI=1S/C19H17FN4O3S/c1-13-3-9-16(10-4-13)28(26,27)23-19-22-11-2-12-24(19)17(18(21)25)14-5-7-15(20)8-6-14/h2-12,17H,1H3,(H2,21,25)/b23-19+. The van der Waals surface area contributed by atoms with Gasteiger partial charge in [0, 0.05) is 12.4 Å². The van der Waals surface area contributed by atoms with Crippen LogP contribution in [0.4, 0.5) is 4.39 Å². The Hall–Kier alpha value is -3.33. The van der Waals surface area contributed by atoms with Crippen LogP contribution in [0.5, 0.6) is 0 Å². The van der Waals surface area contributed by atoms with Gasteiger partial charge >= 0.3 is 0 Å². The van der Waals surface area contributed by atoms with Crippen LogP contribution in [0.25, 0.3) is 0 Å². The summed E-state index contributed by atoms with van der Waals surface area (Å²) >= 11 is 0. The smallest absolute Gasteiger partial charge is 0.285 e. The molecule has 2 aromatic carbocycles. The molecule has 0 aliphatic carbocycles. The normalized spacial score (nSPS) is 13.3. The Labute approximate surface area is 161 Å². The van der Waals surface area contributed by atoms with Gasteiger partial charge in [0.15, 0.2) is 0 Å². The number of hydrogen-bond donors (Lipinski definition) is 1. The summed E-state index contributed by atoms with van der Waals surface area (Å²) in [4.78, 5) is 16.1. The van der Waals surface area contributed by atoms with Crippen molar-refractivity contribution in [3.05, 3.63) is 89.6 Å². The SMILES string of the molecule is Cc1ccc(S(=O)(=O)/N=c2\ncccn2C(C(N)=O)c2ccc(F)cc2)cc1. The lowest BCUT2D eigenvalue weighted by molar-refractivity contribution is -0.120. The van der Waals surface area contributed by atoms with Crippen LogP contribution in [0.15, 0.2) is 76.3 Å². The number of carbonyl (C=O) groups is 1. The van der Waals surface area contributed by atoms with E-state index in [0.717, 1.165) is 5.56 Å². The van der Waals surface area contributed by atoms with Crippen LogP contribution in [0.1, 0.15) is 17.2 Å². The lowest BCUT2D eigenvalue weighted by atomic mass is 10.1. The monoisotopic (exact) mass is 400 g/mol. The van der Waals surface area contributed by atoms with Gasteiger partial charge < -0.3 is 5.73 Å². The first-order valence-electron chi connectivity index (χ1n) is 8.23. The van der Waals surface area contributed by atoms with Gasteiger partial charge in [-0.05, 0) is 42.8 Å². The maximum absolute atomic E-state index is 13.2. The van der Waals surface area contributed by atoms with E-state index in [2.05, 4.69) is 9.38 Å². The molecule has 1 aromatic heterocycles. The fourth-order valence-corrected chi connectivity index (χ4v) is 3.57. The minimum absolute atomic E-state index is 0.00675. The largest absolute Gasteiger partial charge is 0.368 e. The summed E-state index contributed by atoms with van der Waals surface area (Å²) in [5.74, 6) is -1.25. The third-order valence-electron chi connectivity index (χ3n) is 4.01. The van der Waals surface area contributed by atoms with Gasteiger partial charge in [-0.1, -0.05) is 29.8 Å². The van der Waals surface area contributed by atoms with Crippen LogP contribution in [0, 0.1) is 12.7 Å². The van der Waals surface area contributed by atoms with E-state index in [1.165, 1.54) is 59.4 Å². The van der Waals surface area contributed by atoms with Gasteiger partial charge in [0.1, 0.15) is 11.9 Å². The number of carbonyl (C=O) groups excluding carboxylic acids is 1. The Balaban J connectivity index is 2.16. The maximum atomic E-state index is 13.2. The highest BCUT2D eigenvalue weighted by molar-refractivity contribution is 7.90. The zero-order valence-corrected chi connectivity index (χ0v) is 15.7. The first-order valence-corrected chi connectivity index (χ1v) is 9.67. The topological polar surface area (TPSA) is 107 Å². The summed E-state index contributed by atoms with van der Waals surface area (Å²) in [7, 11) is -4.07. The third-order valence-corrected chi connectivity index (χ3v) is 5.28. The maximum Gasteiger partial charge on any atom is 0.285 e. The second-order valence-corrected chi connectivity index (χ2v) is 7.67. The molecule has 1 unspecified atom stereocenters. The summed E-state index contributed by atoms with van der Waals surface area (Å²) in [6.45, 7) is 1.83. The molecule has 0 saturated heterocycles. The minimum Gasteiger partial charge on any atom is -0.368 e. The van der Waals surface area contributed by atoms with Gasteiger partial charge in [-0.25, -0.2) is 9.37 Å². The Kier molecular flexibility index (Phi) is 5.36. The molecule has 7 nitrogen and oxygen atoms in total. The number of hydrogen-bond acceptors (Lipinski definition) is 4. The number of nitrogens with zero attached hydrogens (tertiary/aromatic N) is 3. The molecule has 1 amide bonds. The number of rotatable bonds is 5. The third kappa shape index (κ3) is 4.15. The van der Waals surface area contributed by atoms with E-state index < -0.39 is 27.8 Å². The van der Waals surface area contributed by atoms with E-state index in [0.29, 0.717) is 5.56 Å². The predicted octanol–water partition coefficient (Wildman–Crippen LogP) is 1.69. The Morgan fingerprint density at radius 1 is 1.14 bits per heavy atom. The van der Waals surface area contributed by atoms with Gasteiger partial charge in [-0.15, -0.1) is 4.40 Å². The van der Waals surface area contributed by atoms with E-state index in [1.54, 1.807) is 12.1 Å². The van der Waals surface area contributed by atoms with Crippen LogP contribution in [0.3, 0.4) is 0 Å². The van der Waals surface area contributed by atoms with Crippen molar-refractivity contribution in [2.24, 2.45) is 10.1 Å². The molecule has 28 heavy (non-hydrogen) atoms. The molecular formula is C19H17FN4O3S. The predicted molar refractivity (Wildman–Crippen MR) is 99.9 cm³/mol. The zero-order valence-electron chi connectivity index (χ0n) is 14.9. The van der Waals surface area contributed by atoms with Crippen molar-refractivity contribution in [2.45, 2.75) is 17.9 Å². The molecule has 0 bridgehead atoms. The molecule has 144 valence electrons. The van der Waals surface area contributed by atoms with E-state index in [-0.39, 0.29) is 10.5 Å². The number of amides is 1. The first kappa shape index (κ1) is 19.4. The second-order valence-electron chi connectivity index (χ2n) is 6.06. The number of aryl methyl sites for hydroxylation is 1. The van der Waals surface area contributed by atoms with Crippen molar-refractivity contribution in [3.63, 3.8) is 0 Å². The van der Waals surface area contributed by atoms with Gasteiger partial charge in [0.25, 0.3) is 10.0 Å². The molecule has 1 atom stereocenters. The lowest BCUT2D eigenvalue weighted by Gasteiger charge is -2.17. The number of aromatic nitrogens is 2. The highest BCUT2D eigenvalue weighted by Gasteiger charge is 2.22. The van der Waals surface area contributed by atoms with Crippen LogP contribution in [0.2, 0.25) is 0 Å². The number of sulfonamides is 1. The highest BCUT2D eigenvalue weighted by Crippen LogP contribution is 2.17. The van der Waals surface area contributed by atoms with Crippen molar-refractivity contribution < 1.29 is 17.6 Å². The average Bonchev–Trinajstić information content (AvgIpc) is 2.65. The van der Waals surface area contributed by atoms with Crippen molar-refractivity contribution in [2.75, 3.05) is 0 Å². The van der Waals surface area contributed by atoms with Gasteiger partial charge in [-0.3, -0.25) is 9.36 Å². The highest BCUT2D eigenvalue weighted by atomic mass is 32.2. The molecule has 3 aromatic rings. The fourth-order valence-electron chi connectivity index (χ4n) is 2.62. The summed E-state index contributed by atoms with van der Waals surface area (Å²) < 4.78 is 43.6. The van der Waals surface area contributed by atoms with Crippen LogP contribution in [-0.2, 0) is 14.8 Å². The van der Waals surface area contributed by atoms with Gasteiger partial charge in [-0.2, -0.15) is 8.42 Å². The number of benzene rings is 2. The zero-order chi connectivity index (χ0) is 20.3. The van der Waals surface area contributed by atoms with Crippen molar-refractivity contribution in [1.29, 1.82) is 0 Å². The van der Waals surface area contributed by atoms with Crippen LogP contribution in [-0.4, -0.2) is 23.9 Å². The summed E-state index contributed by atoms with van der Waals surface area (Å²) in [6.07, 6.45) is 2.79. The molecule has 0 aliphatic heterocycles. The van der Waals surface area contributed by atoms with Gasteiger partial charge in [0.05, 0.1) is 4.90 Å². The molecule has 0 saturated carbocycles. The Morgan fingerprint density at radius 2 is 1.79 bits per heavy atom. The molecule has 0 radical (unpaired) electrons. The first-order chi connectivity index (χ1) is 13.3. The van der Waals surface area contributed by atoms with Gasteiger partial charge in [0.2, 0.25) is 11.5 Å². The second kappa shape index (κ2) is 7.73. The minimum atomic E-state index is -4.07. The van der Waals surface area contributed by atoms with E-state index >= 15 is 0 Å². The molecule has 0 fully saturated rings. The molecular weight excluding hydrogens is 383 g/mol. The Bertz CT molecular complexity index is 1170. The number of nitrogens with two attached hydrogens (primary N) is 1. The molecule has 9 heteroatoms. The molecule has 1 heterocycles. The summed E-state index contributed by atoms with van der Waals surface area (Å²) in [5.41, 5.74) is 6.57. The average molecular weight is 400 g/mol. The van der Waals surface area contributed by atoms with E-state index in [9.17, 15) is 17.6 Å². The van der Waals surface area contributed by atoms with Crippen molar-refractivity contribution in [3.8, 4) is 0 Å². The molecule has 3 rings (SSSR count). The molecule has 0 aliphatic rings. The fraction of sp³-hybridized carbons (Fsp3) is 0.105. The molecule has 0 spiro atoms. The van der Waals surface area contributed by atoms with E-state index in [1.807, 2.05) is 6.92 Å². The van der Waals surface area contributed by atoms with Crippen LogP contribution < -0.4 is 11.4 Å². The summed E-state index contributed by atoms with van der Waals surface area (Å²) in [5, 5.41) is 0. The number of primary amides is 1.